The Balaban J connectivity index is 1.21. The summed E-state index contributed by atoms with van der Waals surface area (Å²) in [6.07, 6.45) is 0. The number of imidazole rings is 2. The second-order valence-electron chi connectivity index (χ2n) is 13.2. The summed E-state index contributed by atoms with van der Waals surface area (Å²) >= 11 is 0. The van der Waals surface area contributed by atoms with Gasteiger partial charge < -0.3 is 4.42 Å². The molecule has 0 radical (unpaired) electrons. The molecule has 0 fully saturated rings. The molecule has 0 aliphatic heterocycles. The third-order valence-electron chi connectivity index (χ3n) is 10.6. The maximum Gasteiger partial charge on any atom is 0.220 e. The molecule has 0 aliphatic rings. The molecule has 0 bridgehead atoms. The highest BCUT2D eigenvalue weighted by Crippen LogP contribution is 2.43. The number of fused-ring (bicyclic) bond motifs is 13. The average Bonchev–Trinajstić information content (AvgIpc) is 3.97. The fraction of sp³-hybridized carbons (Fsp3) is 0. The summed E-state index contributed by atoms with van der Waals surface area (Å²) in [5.41, 5.74) is 12.6. The Kier molecular flexibility index (Phi) is 5.14. The van der Waals surface area contributed by atoms with E-state index in [0.717, 1.165) is 83.5 Å². The smallest absolute Gasteiger partial charge is 0.220 e. The predicted molar refractivity (Wildman–Crippen MR) is 208 cm³/mol. The molecular formula is C45H27N5O. The quantitative estimate of drug-likeness (QED) is 0.190. The molecule has 0 saturated carbocycles. The van der Waals surface area contributed by atoms with E-state index in [0.29, 0.717) is 0 Å². The largest absolute Gasteiger partial charge is 0.454 e. The maximum atomic E-state index is 6.66. The van der Waals surface area contributed by atoms with Crippen LogP contribution < -0.4 is 0 Å². The van der Waals surface area contributed by atoms with Gasteiger partial charge in [0.2, 0.25) is 5.78 Å². The van der Waals surface area contributed by atoms with E-state index < -0.39 is 0 Å². The van der Waals surface area contributed by atoms with Gasteiger partial charge in [0.1, 0.15) is 11.2 Å². The lowest BCUT2D eigenvalue weighted by atomic mass is 10.1. The van der Waals surface area contributed by atoms with E-state index in [9.17, 15) is 0 Å². The molecule has 0 spiro atoms. The number of hydrogen-bond acceptors (Lipinski definition) is 2. The molecule has 0 unspecified atom stereocenters. The number of rotatable bonds is 3. The molecule has 238 valence electrons. The first kappa shape index (κ1) is 26.9. The zero-order valence-electron chi connectivity index (χ0n) is 27.2. The van der Waals surface area contributed by atoms with E-state index >= 15 is 0 Å². The Bertz CT molecular complexity index is 3380. The van der Waals surface area contributed by atoms with Gasteiger partial charge in [0, 0.05) is 32.6 Å². The number of aromatic nitrogens is 5. The van der Waals surface area contributed by atoms with Crippen LogP contribution >= 0.6 is 0 Å². The van der Waals surface area contributed by atoms with Crippen molar-refractivity contribution >= 4 is 82.6 Å². The van der Waals surface area contributed by atoms with Crippen LogP contribution in [0, 0.1) is 0 Å². The van der Waals surface area contributed by atoms with E-state index in [-0.39, 0.29) is 0 Å². The average molecular weight is 654 g/mol. The van der Waals surface area contributed by atoms with Crippen LogP contribution in [-0.4, -0.2) is 23.1 Å². The van der Waals surface area contributed by atoms with E-state index in [2.05, 4.69) is 176 Å². The Labute approximate surface area is 290 Å². The number of furan rings is 1. The van der Waals surface area contributed by atoms with Crippen molar-refractivity contribution in [3.8, 4) is 17.1 Å². The highest BCUT2D eigenvalue weighted by atomic mass is 16.3. The summed E-state index contributed by atoms with van der Waals surface area (Å²) in [6.45, 7) is 0. The van der Waals surface area contributed by atoms with Crippen LogP contribution in [0.25, 0.3) is 99.7 Å². The van der Waals surface area contributed by atoms with Gasteiger partial charge in [-0.3, -0.25) is 18.1 Å². The highest BCUT2D eigenvalue weighted by molar-refractivity contribution is 6.23. The van der Waals surface area contributed by atoms with Crippen LogP contribution in [0.2, 0.25) is 0 Å². The van der Waals surface area contributed by atoms with Crippen molar-refractivity contribution in [3.63, 3.8) is 0 Å². The van der Waals surface area contributed by atoms with E-state index in [1.54, 1.807) is 0 Å². The summed E-state index contributed by atoms with van der Waals surface area (Å²) in [5.74, 6) is 0.891. The summed E-state index contributed by atoms with van der Waals surface area (Å²) in [6, 6.07) is 58.0. The number of nitrogens with zero attached hydrogens (tertiary/aromatic N) is 5. The SMILES string of the molecule is c1cc(-n2c3ccccc3c3c4ccccc4n(-c4cccc5c4oc4ccccc45)c32)cc(-n2c3ccccc3n3c4ccccc4nc23)c1. The van der Waals surface area contributed by atoms with Gasteiger partial charge in [-0.2, -0.15) is 0 Å². The van der Waals surface area contributed by atoms with Crippen molar-refractivity contribution in [1.29, 1.82) is 0 Å². The van der Waals surface area contributed by atoms with E-state index in [4.69, 9.17) is 9.40 Å². The molecule has 7 aromatic carbocycles. The van der Waals surface area contributed by atoms with Gasteiger partial charge in [-0.25, -0.2) is 4.98 Å². The molecule has 0 atom stereocenters. The second-order valence-corrected chi connectivity index (χ2v) is 13.2. The van der Waals surface area contributed by atoms with Crippen molar-refractivity contribution in [2.24, 2.45) is 0 Å². The minimum atomic E-state index is 0.875. The normalized spacial score (nSPS) is 12.3. The first-order valence-corrected chi connectivity index (χ1v) is 17.2. The zero-order valence-corrected chi connectivity index (χ0v) is 27.2. The fourth-order valence-corrected chi connectivity index (χ4v) is 8.49. The van der Waals surface area contributed by atoms with Crippen molar-refractivity contribution in [3.05, 3.63) is 164 Å². The van der Waals surface area contributed by atoms with E-state index in [1.165, 1.54) is 16.2 Å². The van der Waals surface area contributed by atoms with Gasteiger partial charge in [0.15, 0.2) is 5.58 Å². The van der Waals surface area contributed by atoms with Gasteiger partial charge >= 0.3 is 0 Å². The minimum Gasteiger partial charge on any atom is -0.454 e. The summed E-state index contributed by atoms with van der Waals surface area (Å²) in [4.78, 5) is 5.16. The van der Waals surface area contributed by atoms with Crippen LogP contribution in [-0.2, 0) is 0 Å². The molecule has 0 saturated heterocycles. The molecule has 0 N–H and O–H groups in total. The molecule has 6 heteroatoms. The topological polar surface area (TPSA) is 45.2 Å². The van der Waals surface area contributed by atoms with Crippen molar-refractivity contribution in [2.45, 2.75) is 0 Å². The Morgan fingerprint density at radius 1 is 0.431 bits per heavy atom. The molecule has 0 aliphatic carbocycles. The molecule has 0 amide bonds. The number of benzene rings is 7. The molecule has 51 heavy (non-hydrogen) atoms. The van der Waals surface area contributed by atoms with Gasteiger partial charge in [-0.05, 0) is 66.7 Å². The molecule has 12 rings (SSSR count). The molecule has 6 nitrogen and oxygen atoms in total. The standard InChI is InChI=1S/C45H27N5O/c1-5-20-35-32(16-1)42-33-17-2-6-21-36(33)49(40-25-12-18-31-30-15-3-10-26-41(30)51-43(31)40)44(42)47(35)28-13-11-14-29(27-28)48-38-23-8-9-24-39(38)50-37-22-7-4-19-34(37)46-45(48)50/h1-27H. The number of para-hydroxylation sites is 8. The van der Waals surface area contributed by atoms with Crippen molar-refractivity contribution in [2.75, 3.05) is 0 Å². The number of hydrogen-bond donors (Lipinski definition) is 0. The monoisotopic (exact) mass is 653 g/mol. The van der Waals surface area contributed by atoms with Crippen molar-refractivity contribution < 1.29 is 4.42 Å². The second kappa shape index (κ2) is 9.77. The third-order valence-corrected chi connectivity index (χ3v) is 10.6. The van der Waals surface area contributed by atoms with Crippen LogP contribution in [0.15, 0.2) is 168 Å². The lowest BCUT2D eigenvalue weighted by Crippen LogP contribution is -2.03. The van der Waals surface area contributed by atoms with E-state index in [1.807, 2.05) is 6.07 Å². The zero-order chi connectivity index (χ0) is 33.2. The van der Waals surface area contributed by atoms with Crippen molar-refractivity contribution in [1.82, 2.24) is 23.1 Å². The Morgan fingerprint density at radius 2 is 1.02 bits per heavy atom. The first-order valence-electron chi connectivity index (χ1n) is 17.2. The fourth-order valence-electron chi connectivity index (χ4n) is 8.49. The summed E-state index contributed by atoms with van der Waals surface area (Å²) in [5, 5.41) is 5.85. The molecule has 5 aromatic heterocycles. The lowest BCUT2D eigenvalue weighted by molar-refractivity contribution is 0.666. The molecule has 5 heterocycles. The van der Waals surface area contributed by atoms with Crippen LogP contribution in [0.5, 0.6) is 0 Å². The minimum absolute atomic E-state index is 0.875. The van der Waals surface area contributed by atoms with Crippen LogP contribution in [0.4, 0.5) is 0 Å². The Hall–Kier alpha value is -7.05. The molecule has 12 aromatic rings. The summed E-state index contributed by atoms with van der Waals surface area (Å²) in [7, 11) is 0. The van der Waals surface area contributed by atoms with Gasteiger partial charge in [-0.1, -0.05) is 97.1 Å². The Morgan fingerprint density at radius 3 is 1.82 bits per heavy atom. The maximum absolute atomic E-state index is 6.66. The summed E-state index contributed by atoms with van der Waals surface area (Å²) < 4.78 is 16.0. The van der Waals surface area contributed by atoms with Crippen LogP contribution in [0.1, 0.15) is 0 Å². The van der Waals surface area contributed by atoms with Gasteiger partial charge in [0.25, 0.3) is 0 Å². The predicted octanol–water partition coefficient (Wildman–Crippen LogP) is 11.4. The van der Waals surface area contributed by atoms with Gasteiger partial charge in [0.05, 0.1) is 44.5 Å². The third kappa shape index (κ3) is 3.48. The lowest BCUT2D eigenvalue weighted by Gasteiger charge is -2.14. The van der Waals surface area contributed by atoms with Crippen LogP contribution in [0.3, 0.4) is 0 Å². The molecular weight excluding hydrogens is 627 g/mol. The first-order chi connectivity index (χ1) is 25.3. The van der Waals surface area contributed by atoms with Gasteiger partial charge in [-0.15, -0.1) is 0 Å². The highest BCUT2D eigenvalue weighted by Gasteiger charge is 2.25.